The summed E-state index contributed by atoms with van der Waals surface area (Å²) in [7, 11) is 3.53. The number of benzene rings is 1. The first-order valence-electron chi connectivity index (χ1n) is 9.97. The first-order chi connectivity index (χ1) is 13.9. The first-order valence-corrected chi connectivity index (χ1v) is 9.97. The van der Waals surface area contributed by atoms with Crippen LogP contribution in [0.15, 0.2) is 30.3 Å². The van der Waals surface area contributed by atoms with Gasteiger partial charge in [0.05, 0.1) is 22.8 Å². The lowest BCUT2D eigenvalue weighted by Crippen LogP contribution is -2.51. The molecule has 3 amide bonds. The fourth-order valence-corrected chi connectivity index (χ4v) is 3.55. The fourth-order valence-electron chi connectivity index (χ4n) is 3.55. The van der Waals surface area contributed by atoms with E-state index in [1.807, 2.05) is 53.8 Å². The van der Waals surface area contributed by atoms with Gasteiger partial charge in [0.2, 0.25) is 5.91 Å². The van der Waals surface area contributed by atoms with Crippen LogP contribution < -0.4 is 5.32 Å². The molecule has 1 fully saturated rings. The lowest BCUT2D eigenvalue weighted by Gasteiger charge is -2.35. The molecule has 1 saturated heterocycles. The third-order valence-electron chi connectivity index (χ3n) is 5.24. The van der Waals surface area contributed by atoms with Crippen molar-refractivity contribution in [2.45, 2.75) is 20.3 Å². The number of urea groups is 1. The highest BCUT2D eigenvalue weighted by molar-refractivity contribution is 5.92. The van der Waals surface area contributed by atoms with Crippen molar-refractivity contribution in [2.24, 2.45) is 0 Å². The predicted molar refractivity (Wildman–Crippen MR) is 113 cm³/mol. The molecule has 1 aromatic carbocycles. The lowest BCUT2D eigenvalue weighted by atomic mass is 10.2. The van der Waals surface area contributed by atoms with Crippen molar-refractivity contribution < 1.29 is 9.59 Å². The van der Waals surface area contributed by atoms with Crippen LogP contribution in [-0.4, -0.2) is 83.2 Å². The number of piperazine rings is 1. The predicted octanol–water partition coefficient (Wildman–Crippen LogP) is 2.12. The van der Waals surface area contributed by atoms with E-state index in [2.05, 4.69) is 15.3 Å². The summed E-state index contributed by atoms with van der Waals surface area (Å²) in [5.74, 6) is -0.0180. The number of anilines is 1. The first kappa shape index (κ1) is 20.9. The third-order valence-corrected chi connectivity index (χ3v) is 5.24. The number of nitrogens with one attached hydrogen (secondary N) is 1. The molecule has 0 atom stereocenters. The van der Waals surface area contributed by atoms with E-state index in [0.717, 1.165) is 35.9 Å². The molecule has 8 nitrogen and oxygen atoms in total. The van der Waals surface area contributed by atoms with Crippen molar-refractivity contribution in [3.05, 3.63) is 41.7 Å². The summed E-state index contributed by atoms with van der Waals surface area (Å²) >= 11 is 0. The second-order valence-electron chi connectivity index (χ2n) is 7.60. The molecule has 8 heteroatoms. The number of nitrogens with zero attached hydrogens (tertiary/aromatic N) is 5. The second-order valence-corrected chi connectivity index (χ2v) is 7.60. The quantitative estimate of drug-likeness (QED) is 0.837. The van der Waals surface area contributed by atoms with Crippen LogP contribution in [0.4, 0.5) is 10.5 Å². The molecule has 0 bridgehead atoms. The van der Waals surface area contributed by atoms with Crippen molar-refractivity contribution in [1.29, 1.82) is 0 Å². The maximum atomic E-state index is 12.5. The zero-order valence-corrected chi connectivity index (χ0v) is 17.7. The van der Waals surface area contributed by atoms with E-state index in [-0.39, 0.29) is 11.9 Å². The molecule has 1 aliphatic heterocycles. The zero-order valence-electron chi connectivity index (χ0n) is 17.7. The molecule has 0 aliphatic carbocycles. The number of para-hydroxylation sites is 1. The molecular weight excluding hydrogens is 368 g/mol. The number of carbonyl (C=O) groups excluding carboxylic acids is 2. The van der Waals surface area contributed by atoms with E-state index in [1.165, 1.54) is 0 Å². The Balaban J connectivity index is 1.52. The van der Waals surface area contributed by atoms with Gasteiger partial charge in [0.15, 0.2) is 0 Å². The molecule has 1 N–H and O–H groups in total. The zero-order chi connectivity index (χ0) is 21.0. The van der Waals surface area contributed by atoms with E-state index in [4.69, 9.17) is 0 Å². The van der Waals surface area contributed by atoms with Gasteiger partial charge < -0.3 is 15.1 Å². The van der Waals surface area contributed by atoms with Crippen LogP contribution in [0, 0.1) is 13.8 Å². The Labute approximate surface area is 172 Å². The molecule has 1 aromatic heterocycles. The highest BCUT2D eigenvalue weighted by atomic mass is 16.2. The number of rotatable bonds is 5. The number of aromatic nitrogens is 2. The minimum atomic E-state index is -0.0180. The van der Waals surface area contributed by atoms with Gasteiger partial charge in [-0.25, -0.2) is 9.48 Å². The molecule has 0 saturated carbocycles. The van der Waals surface area contributed by atoms with Crippen LogP contribution in [0.1, 0.15) is 17.8 Å². The molecule has 2 heterocycles. The Morgan fingerprint density at radius 1 is 1.07 bits per heavy atom. The minimum Gasteiger partial charge on any atom is -0.331 e. The molecule has 156 valence electrons. The largest absolute Gasteiger partial charge is 0.331 e. The Morgan fingerprint density at radius 2 is 1.72 bits per heavy atom. The van der Waals surface area contributed by atoms with Gasteiger partial charge in [0.25, 0.3) is 0 Å². The molecule has 0 spiro atoms. The van der Waals surface area contributed by atoms with E-state index in [9.17, 15) is 9.59 Å². The lowest BCUT2D eigenvalue weighted by molar-refractivity contribution is -0.116. The summed E-state index contributed by atoms with van der Waals surface area (Å²) < 4.78 is 1.85. The van der Waals surface area contributed by atoms with Crippen LogP contribution in [0.2, 0.25) is 0 Å². The molecule has 29 heavy (non-hydrogen) atoms. The van der Waals surface area contributed by atoms with E-state index < -0.39 is 0 Å². The van der Waals surface area contributed by atoms with Gasteiger partial charge in [-0.3, -0.25) is 9.69 Å². The average Bonchev–Trinajstić information content (AvgIpc) is 3.01. The number of hydrogen-bond donors (Lipinski definition) is 1. The second kappa shape index (κ2) is 9.09. The fraction of sp³-hybridized carbons (Fsp3) is 0.476. The molecule has 3 rings (SSSR count). The van der Waals surface area contributed by atoms with Crippen molar-refractivity contribution in [1.82, 2.24) is 24.5 Å². The highest BCUT2D eigenvalue weighted by Crippen LogP contribution is 2.22. The molecule has 0 unspecified atom stereocenters. The average molecular weight is 399 g/mol. The maximum Gasteiger partial charge on any atom is 0.319 e. The summed E-state index contributed by atoms with van der Waals surface area (Å²) in [4.78, 5) is 30.2. The van der Waals surface area contributed by atoms with Gasteiger partial charge in [-0.15, -0.1) is 0 Å². The van der Waals surface area contributed by atoms with Gasteiger partial charge in [-0.1, -0.05) is 18.2 Å². The maximum absolute atomic E-state index is 12.5. The third kappa shape index (κ3) is 4.95. The van der Waals surface area contributed by atoms with E-state index >= 15 is 0 Å². The Kier molecular flexibility index (Phi) is 6.53. The van der Waals surface area contributed by atoms with Crippen LogP contribution in [0.5, 0.6) is 0 Å². The van der Waals surface area contributed by atoms with Crippen LogP contribution >= 0.6 is 0 Å². The summed E-state index contributed by atoms with van der Waals surface area (Å²) in [5, 5.41) is 7.60. The number of hydrogen-bond acceptors (Lipinski definition) is 4. The standard InChI is InChI=1S/C21H30N6O2/c1-16-20(17(2)27(23-16)18-8-6-5-7-9-18)22-19(28)10-11-25-12-14-26(15-13-25)21(29)24(3)4/h5-9H,10-15H2,1-4H3,(H,22,28). The topological polar surface area (TPSA) is 73.7 Å². The van der Waals surface area contributed by atoms with Gasteiger partial charge in [-0.05, 0) is 26.0 Å². The van der Waals surface area contributed by atoms with Crippen LogP contribution in [-0.2, 0) is 4.79 Å². The molecule has 2 aromatic rings. The van der Waals surface area contributed by atoms with E-state index in [1.54, 1.807) is 19.0 Å². The van der Waals surface area contributed by atoms with E-state index in [0.29, 0.717) is 26.1 Å². The van der Waals surface area contributed by atoms with Gasteiger partial charge in [-0.2, -0.15) is 5.10 Å². The van der Waals surface area contributed by atoms with Crippen molar-refractivity contribution in [3.63, 3.8) is 0 Å². The highest BCUT2D eigenvalue weighted by Gasteiger charge is 2.22. The van der Waals surface area contributed by atoms with Crippen LogP contribution in [0.25, 0.3) is 5.69 Å². The number of aryl methyl sites for hydroxylation is 1. The van der Waals surface area contributed by atoms with Crippen LogP contribution in [0.3, 0.4) is 0 Å². The van der Waals surface area contributed by atoms with Gasteiger partial charge in [0, 0.05) is 53.2 Å². The number of amides is 3. The molecule has 1 aliphatic rings. The van der Waals surface area contributed by atoms with Crippen molar-refractivity contribution >= 4 is 17.6 Å². The monoisotopic (exact) mass is 398 g/mol. The van der Waals surface area contributed by atoms with Crippen molar-refractivity contribution in [3.8, 4) is 5.69 Å². The van der Waals surface area contributed by atoms with Gasteiger partial charge in [0.1, 0.15) is 0 Å². The Bertz CT molecular complexity index is 854. The normalized spacial score (nSPS) is 14.7. The summed E-state index contributed by atoms with van der Waals surface area (Å²) in [6, 6.07) is 9.93. The summed E-state index contributed by atoms with van der Waals surface area (Å²) in [6.45, 7) is 7.52. The smallest absolute Gasteiger partial charge is 0.319 e. The van der Waals surface area contributed by atoms with Crippen molar-refractivity contribution in [2.75, 3.05) is 52.1 Å². The SMILES string of the molecule is Cc1nn(-c2ccccc2)c(C)c1NC(=O)CCN1CCN(C(=O)N(C)C)CC1. The Hall–Kier alpha value is -2.87. The summed E-state index contributed by atoms with van der Waals surface area (Å²) in [5.41, 5.74) is 3.47. The minimum absolute atomic E-state index is 0.0180. The van der Waals surface area contributed by atoms with Gasteiger partial charge >= 0.3 is 6.03 Å². The molecular formula is C21H30N6O2. The summed E-state index contributed by atoms with van der Waals surface area (Å²) in [6.07, 6.45) is 0.414. The molecule has 0 radical (unpaired) electrons. The Morgan fingerprint density at radius 3 is 2.34 bits per heavy atom. The number of carbonyl (C=O) groups is 2.